The van der Waals surface area contributed by atoms with E-state index < -0.39 is 0 Å². The molecular formula is C18H16ClN3O2S. The average molecular weight is 374 g/mol. The van der Waals surface area contributed by atoms with Crippen LogP contribution in [-0.4, -0.2) is 15.0 Å². The number of nitrogens with one attached hydrogen (secondary N) is 1. The molecule has 4 rings (SSSR count). The summed E-state index contributed by atoms with van der Waals surface area (Å²) in [7, 11) is 0. The highest BCUT2D eigenvalue weighted by Gasteiger charge is 2.18. The van der Waals surface area contributed by atoms with Gasteiger partial charge in [0.1, 0.15) is 5.76 Å². The molecule has 0 bridgehead atoms. The lowest BCUT2D eigenvalue weighted by molar-refractivity contribution is 0.540. The van der Waals surface area contributed by atoms with Crippen LogP contribution in [0, 0.1) is 6.92 Å². The molecule has 0 fully saturated rings. The molecule has 0 saturated carbocycles. The van der Waals surface area contributed by atoms with E-state index in [1.54, 1.807) is 0 Å². The Balaban J connectivity index is 1.53. The molecule has 0 saturated heterocycles. The number of nitrogens with zero attached hydrogens (tertiary/aromatic N) is 2. The number of oxazole rings is 1. The van der Waals surface area contributed by atoms with Gasteiger partial charge in [-0.2, -0.15) is 0 Å². The molecule has 25 heavy (non-hydrogen) atoms. The normalized spacial score (nSPS) is 13.2. The predicted molar refractivity (Wildman–Crippen MR) is 98.1 cm³/mol. The monoisotopic (exact) mass is 373 g/mol. The summed E-state index contributed by atoms with van der Waals surface area (Å²) in [6.07, 6.45) is 2.72. The lowest BCUT2D eigenvalue weighted by atomic mass is 10.2. The molecule has 0 atom stereocenters. The molecule has 5 nitrogen and oxygen atoms in total. The van der Waals surface area contributed by atoms with E-state index in [0.717, 1.165) is 47.5 Å². The molecule has 2 aromatic heterocycles. The Bertz CT molecular complexity index is 979. The van der Waals surface area contributed by atoms with Crippen LogP contribution in [0.4, 0.5) is 0 Å². The number of hydrogen-bond acceptors (Lipinski definition) is 5. The van der Waals surface area contributed by atoms with Crippen LogP contribution in [0.5, 0.6) is 0 Å². The van der Waals surface area contributed by atoms with Crippen molar-refractivity contribution in [3.8, 4) is 11.5 Å². The number of rotatable bonds is 4. The third-order valence-electron chi connectivity index (χ3n) is 4.25. The molecule has 128 valence electrons. The molecule has 7 heteroatoms. The van der Waals surface area contributed by atoms with Crippen molar-refractivity contribution in [3.05, 3.63) is 62.4 Å². The number of hydrogen-bond donors (Lipinski definition) is 1. The highest BCUT2D eigenvalue weighted by atomic mass is 35.5. The summed E-state index contributed by atoms with van der Waals surface area (Å²) in [6, 6.07) is 7.38. The lowest BCUT2D eigenvalue weighted by Gasteiger charge is -2.02. The van der Waals surface area contributed by atoms with Crippen LogP contribution in [0.25, 0.3) is 11.5 Å². The second-order valence-electron chi connectivity index (χ2n) is 5.97. The van der Waals surface area contributed by atoms with Crippen molar-refractivity contribution in [2.45, 2.75) is 37.1 Å². The Morgan fingerprint density at radius 2 is 2.04 bits per heavy atom. The summed E-state index contributed by atoms with van der Waals surface area (Å²) in [5, 5.41) is 1.32. The zero-order valence-electron chi connectivity index (χ0n) is 13.6. The minimum Gasteiger partial charge on any atom is -0.441 e. The van der Waals surface area contributed by atoms with Gasteiger partial charge in [0.2, 0.25) is 5.89 Å². The summed E-state index contributed by atoms with van der Waals surface area (Å²) in [6.45, 7) is 1.89. The predicted octanol–water partition coefficient (Wildman–Crippen LogP) is 4.17. The highest BCUT2D eigenvalue weighted by molar-refractivity contribution is 7.98. The van der Waals surface area contributed by atoms with E-state index in [1.807, 2.05) is 31.2 Å². The topological polar surface area (TPSA) is 71.8 Å². The molecule has 1 aliphatic rings. The Morgan fingerprint density at radius 1 is 1.24 bits per heavy atom. The Morgan fingerprint density at radius 3 is 2.84 bits per heavy atom. The van der Waals surface area contributed by atoms with Gasteiger partial charge in [-0.05, 0) is 50.5 Å². The maximum absolute atomic E-state index is 12.1. The summed E-state index contributed by atoms with van der Waals surface area (Å²) in [4.78, 5) is 24.1. The van der Waals surface area contributed by atoms with Gasteiger partial charge in [0.25, 0.3) is 5.56 Å². The molecule has 1 N–H and O–H groups in total. The third kappa shape index (κ3) is 3.37. The standard InChI is InChI=1S/C18H16ClN3O2S/c1-10-15(20-17(24-10)11-5-7-12(19)8-6-11)9-25-18-21-14-4-2-3-13(14)16(23)22-18/h5-8H,2-4,9H2,1H3,(H,21,22,23). The molecule has 1 aromatic carbocycles. The van der Waals surface area contributed by atoms with E-state index in [0.29, 0.717) is 21.8 Å². The minimum absolute atomic E-state index is 0.0104. The molecular weight excluding hydrogens is 358 g/mol. The molecule has 2 heterocycles. The summed E-state index contributed by atoms with van der Waals surface area (Å²) >= 11 is 7.38. The second-order valence-corrected chi connectivity index (χ2v) is 7.37. The summed E-state index contributed by atoms with van der Waals surface area (Å²) < 4.78 is 5.77. The number of aryl methyl sites for hydroxylation is 2. The Kier molecular flexibility index (Phi) is 4.39. The Labute approximate surface area is 153 Å². The van der Waals surface area contributed by atoms with Gasteiger partial charge >= 0.3 is 0 Å². The van der Waals surface area contributed by atoms with Crippen LogP contribution in [0.3, 0.4) is 0 Å². The number of aromatic nitrogens is 3. The van der Waals surface area contributed by atoms with E-state index in [1.165, 1.54) is 11.8 Å². The van der Waals surface area contributed by atoms with Gasteiger partial charge in [0, 0.05) is 21.9 Å². The number of fused-ring (bicyclic) bond motifs is 1. The molecule has 1 aliphatic carbocycles. The van der Waals surface area contributed by atoms with Crippen LogP contribution >= 0.6 is 23.4 Å². The van der Waals surface area contributed by atoms with Crippen LogP contribution in [0.15, 0.2) is 38.6 Å². The zero-order chi connectivity index (χ0) is 17.4. The third-order valence-corrected chi connectivity index (χ3v) is 5.39. The fourth-order valence-corrected chi connectivity index (χ4v) is 3.91. The van der Waals surface area contributed by atoms with Crippen molar-refractivity contribution in [1.82, 2.24) is 15.0 Å². The first-order valence-corrected chi connectivity index (χ1v) is 9.43. The van der Waals surface area contributed by atoms with Gasteiger partial charge in [-0.25, -0.2) is 9.97 Å². The van der Waals surface area contributed by atoms with E-state index in [-0.39, 0.29) is 5.56 Å². The number of halogens is 1. The number of benzene rings is 1. The van der Waals surface area contributed by atoms with Gasteiger partial charge in [-0.1, -0.05) is 23.4 Å². The van der Waals surface area contributed by atoms with E-state index >= 15 is 0 Å². The smallest absolute Gasteiger partial charge is 0.254 e. The van der Waals surface area contributed by atoms with Gasteiger partial charge in [0.15, 0.2) is 5.16 Å². The van der Waals surface area contributed by atoms with Gasteiger partial charge in [-0.3, -0.25) is 4.79 Å². The van der Waals surface area contributed by atoms with Gasteiger partial charge < -0.3 is 9.40 Å². The largest absolute Gasteiger partial charge is 0.441 e. The van der Waals surface area contributed by atoms with Gasteiger partial charge in [0.05, 0.1) is 11.4 Å². The maximum Gasteiger partial charge on any atom is 0.254 e. The molecule has 0 spiro atoms. The van der Waals surface area contributed by atoms with Crippen molar-refractivity contribution < 1.29 is 4.42 Å². The quantitative estimate of drug-likeness (QED) is 0.549. The first-order valence-electron chi connectivity index (χ1n) is 8.07. The van der Waals surface area contributed by atoms with Crippen molar-refractivity contribution in [2.75, 3.05) is 0 Å². The number of aromatic amines is 1. The number of H-pyrrole nitrogens is 1. The zero-order valence-corrected chi connectivity index (χ0v) is 15.2. The molecule has 3 aromatic rings. The van der Waals surface area contributed by atoms with Crippen molar-refractivity contribution in [1.29, 1.82) is 0 Å². The first-order chi connectivity index (χ1) is 12.1. The molecule has 0 aliphatic heterocycles. The highest BCUT2D eigenvalue weighted by Crippen LogP contribution is 2.27. The SMILES string of the molecule is Cc1oc(-c2ccc(Cl)cc2)nc1CSc1nc2c(c(=O)[nH]1)CCC2. The van der Waals surface area contributed by atoms with Crippen LogP contribution in [-0.2, 0) is 18.6 Å². The molecule has 0 radical (unpaired) electrons. The number of thioether (sulfide) groups is 1. The van der Waals surface area contributed by atoms with Gasteiger partial charge in [-0.15, -0.1) is 0 Å². The van der Waals surface area contributed by atoms with Crippen LogP contribution < -0.4 is 5.56 Å². The van der Waals surface area contributed by atoms with E-state index in [9.17, 15) is 4.79 Å². The minimum atomic E-state index is -0.0104. The summed E-state index contributed by atoms with van der Waals surface area (Å²) in [5.74, 6) is 1.92. The molecule has 0 amide bonds. The first kappa shape index (κ1) is 16.4. The van der Waals surface area contributed by atoms with Crippen LogP contribution in [0.1, 0.15) is 29.1 Å². The second kappa shape index (κ2) is 6.69. The van der Waals surface area contributed by atoms with Crippen molar-refractivity contribution in [2.24, 2.45) is 0 Å². The molecule has 0 unspecified atom stereocenters. The van der Waals surface area contributed by atoms with Crippen LogP contribution in [0.2, 0.25) is 5.02 Å². The lowest BCUT2D eigenvalue weighted by Crippen LogP contribution is -2.14. The summed E-state index contributed by atoms with van der Waals surface area (Å²) in [5.41, 5.74) is 3.49. The van der Waals surface area contributed by atoms with Crippen molar-refractivity contribution in [3.63, 3.8) is 0 Å². The maximum atomic E-state index is 12.1. The Hall–Kier alpha value is -2.05. The fraction of sp³-hybridized carbons (Fsp3) is 0.278. The van der Waals surface area contributed by atoms with E-state index in [2.05, 4.69) is 15.0 Å². The average Bonchev–Trinajstić information content (AvgIpc) is 3.20. The van der Waals surface area contributed by atoms with E-state index in [4.69, 9.17) is 16.0 Å². The fourth-order valence-electron chi connectivity index (χ4n) is 2.90. The van der Waals surface area contributed by atoms with Crippen molar-refractivity contribution >= 4 is 23.4 Å².